The van der Waals surface area contributed by atoms with Crippen molar-refractivity contribution in [1.29, 1.82) is 0 Å². The molecule has 0 unspecified atom stereocenters. The van der Waals surface area contributed by atoms with Crippen molar-refractivity contribution in [2.24, 2.45) is 0 Å². The predicted molar refractivity (Wildman–Crippen MR) is 81.9 cm³/mol. The molecule has 0 saturated heterocycles. The van der Waals surface area contributed by atoms with Crippen LogP contribution in [-0.4, -0.2) is 26.6 Å². The number of ether oxygens (including phenoxy) is 1. The zero-order chi connectivity index (χ0) is 17.2. The van der Waals surface area contributed by atoms with E-state index in [9.17, 15) is 17.6 Å². The molecule has 0 aliphatic heterocycles. The first-order chi connectivity index (χ1) is 10.7. The molecule has 0 aliphatic rings. The molecular formula is C15H14FNO5S. The Hall–Kier alpha value is -2.61. The lowest BCUT2D eigenvalue weighted by Gasteiger charge is -2.12. The van der Waals surface area contributed by atoms with Crippen LogP contribution in [0.15, 0.2) is 41.3 Å². The standard InChI is InChI=1S/C15H14FNO5S/c1-9-3-5-11(22-2)8-14(9)23(20,21)17-10-4-6-12(15(18)19)13(16)7-10/h3-8,17H,1-2H3,(H,18,19). The average Bonchev–Trinajstić information content (AvgIpc) is 2.46. The summed E-state index contributed by atoms with van der Waals surface area (Å²) in [6, 6.07) is 7.54. The van der Waals surface area contributed by atoms with Gasteiger partial charge in [-0.15, -0.1) is 0 Å². The molecule has 0 spiro atoms. The molecule has 2 rings (SSSR count). The Labute approximate surface area is 132 Å². The second kappa shape index (κ2) is 6.25. The highest BCUT2D eigenvalue weighted by Gasteiger charge is 2.19. The van der Waals surface area contributed by atoms with Crippen LogP contribution in [0.2, 0.25) is 0 Å². The molecule has 2 N–H and O–H groups in total. The van der Waals surface area contributed by atoms with E-state index in [0.717, 1.165) is 12.1 Å². The van der Waals surface area contributed by atoms with E-state index >= 15 is 0 Å². The van der Waals surface area contributed by atoms with Crippen molar-refractivity contribution in [2.45, 2.75) is 11.8 Å². The van der Waals surface area contributed by atoms with E-state index in [-0.39, 0.29) is 10.6 Å². The highest BCUT2D eigenvalue weighted by atomic mass is 32.2. The number of carboxylic acid groups (broad SMARTS) is 1. The molecule has 0 saturated carbocycles. The van der Waals surface area contributed by atoms with E-state index in [1.54, 1.807) is 19.1 Å². The van der Waals surface area contributed by atoms with E-state index in [1.807, 2.05) is 0 Å². The largest absolute Gasteiger partial charge is 0.497 e. The van der Waals surface area contributed by atoms with Crippen LogP contribution in [0.4, 0.5) is 10.1 Å². The second-order valence-corrected chi connectivity index (χ2v) is 6.39. The van der Waals surface area contributed by atoms with Gasteiger partial charge in [0.25, 0.3) is 10.0 Å². The van der Waals surface area contributed by atoms with Gasteiger partial charge in [-0.05, 0) is 36.8 Å². The van der Waals surface area contributed by atoms with Crippen molar-refractivity contribution in [1.82, 2.24) is 0 Å². The molecule has 122 valence electrons. The van der Waals surface area contributed by atoms with Crippen molar-refractivity contribution in [3.8, 4) is 5.75 Å². The summed E-state index contributed by atoms with van der Waals surface area (Å²) in [5.74, 6) is -2.09. The van der Waals surface area contributed by atoms with Gasteiger partial charge in [-0.3, -0.25) is 4.72 Å². The number of hydrogen-bond donors (Lipinski definition) is 2. The topological polar surface area (TPSA) is 92.7 Å². The number of aromatic carboxylic acids is 1. The highest BCUT2D eigenvalue weighted by Crippen LogP contribution is 2.24. The fourth-order valence-corrected chi connectivity index (χ4v) is 3.27. The number of anilines is 1. The Morgan fingerprint density at radius 2 is 1.91 bits per heavy atom. The fraction of sp³-hybridized carbons (Fsp3) is 0.133. The summed E-state index contributed by atoms with van der Waals surface area (Å²) < 4.78 is 45.7. The lowest BCUT2D eigenvalue weighted by atomic mass is 10.2. The number of hydrogen-bond acceptors (Lipinski definition) is 4. The lowest BCUT2D eigenvalue weighted by molar-refractivity contribution is 0.0692. The van der Waals surface area contributed by atoms with Gasteiger partial charge in [-0.25, -0.2) is 17.6 Å². The second-order valence-electron chi connectivity index (χ2n) is 4.74. The van der Waals surface area contributed by atoms with Crippen molar-refractivity contribution in [3.05, 3.63) is 53.3 Å². The van der Waals surface area contributed by atoms with Crippen molar-refractivity contribution in [3.63, 3.8) is 0 Å². The van der Waals surface area contributed by atoms with E-state index in [1.165, 1.54) is 19.2 Å². The molecule has 2 aromatic carbocycles. The first kappa shape index (κ1) is 16.8. The van der Waals surface area contributed by atoms with Gasteiger partial charge in [0.1, 0.15) is 11.6 Å². The van der Waals surface area contributed by atoms with Gasteiger partial charge in [0, 0.05) is 6.07 Å². The van der Waals surface area contributed by atoms with Gasteiger partial charge < -0.3 is 9.84 Å². The Kier molecular flexibility index (Phi) is 4.55. The monoisotopic (exact) mass is 339 g/mol. The average molecular weight is 339 g/mol. The molecule has 0 amide bonds. The summed E-state index contributed by atoms with van der Waals surface area (Å²) in [5.41, 5.74) is -0.124. The minimum Gasteiger partial charge on any atom is -0.497 e. The lowest BCUT2D eigenvalue weighted by Crippen LogP contribution is -2.15. The highest BCUT2D eigenvalue weighted by molar-refractivity contribution is 7.92. The van der Waals surface area contributed by atoms with Crippen molar-refractivity contribution < 1.29 is 27.4 Å². The molecule has 2 aromatic rings. The molecule has 0 fully saturated rings. The van der Waals surface area contributed by atoms with Crippen LogP contribution in [0, 0.1) is 12.7 Å². The number of sulfonamides is 1. The number of methoxy groups -OCH3 is 1. The number of nitrogens with one attached hydrogen (secondary N) is 1. The Morgan fingerprint density at radius 3 is 2.48 bits per heavy atom. The van der Waals surface area contributed by atoms with E-state index in [2.05, 4.69) is 4.72 Å². The van der Waals surface area contributed by atoms with Crippen molar-refractivity contribution >= 4 is 21.7 Å². The van der Waals surface area contributed by atoms with Gasteiger partial charge in [0.15, 0.2) is 0 Å². The number of carboxylic acids is 1. The third kappa shape index (κ3) is 3.59. The molecule has 0 aromatic heterocycles. The molecule has 0 radical (unpaired) electrons. The molecule has 23 heavy (non-hydrogen) atoms. The summed E-state index contributed by atoms with van der Waals surface area (Å²) in [4.78, 5) is 10.7. The first-order valence-electron chi connectivity index (χ1n) is 6.45. The van der Waals surface area contributed by atoms with Gasteiger partial charge in [-0.2, -0.15) is 0 Å². The van der Waals surface area contributed by atoms with E-state index in [0.29, 0.717) is 11.3 Å². The smallest absolute Gasteiger partial charge is 0.338 e. The predicted octanol–water partition coefficient (Wildman–Crippen LogP) is 2.64. The summed E-state index contributed by atoms with van der Waals surface area (Å²) in [6.45, 7) is 1.61. The van der Waals surface area contributed by atoms with Crippen LogP contribution in [0.1, 0.15) is 15.9 Å². The minimum atomic E-state index is -3.97. The third-order valence-electron chi connectivity index (χ3n) is 3.14. The molecule has 8 heteroatoms. The van der Waals surface area contributed by atoms with E-state index < -0.39 is 27.4 Å². The van der Waals surface area contributed by atoms with E-state index in [4.69, 9.17) is 9.84 Å². The quantitative estimate of drug-likeness (QED) is 0.873. The Morgan fingerprint density at radius 1 is 1.22 bits per heavy atom. The number of rotatable bonds is 5. The van der Waals surface area contributed by atoms with Crippen LogP contribution < -0.4 is 9.46 Å². The summed E-state index contributed by atoms with van der Waals surface area (Å²) in [7, 11) is -2.56. The normalized spacial score (nSPS) is 11.1. The Balaban J connectivity index is 2.39. The molecule has 0 aliphatic carbocycles. The van der Waals surface area contributed by atoms with Crippen molar-refractivity contribution in [2.75, 3.05) is 11.8 Å². The maximum atomic E-state index is 13.6. The van der Waals surface area contributed by atoms with Gasteiger partial charge >= 0.3 is 5.97 Å². The number of halogens is 1. The first-order valence-corrected chi connectivity index (χ1v) is 7.93. The van der Waals surface area contributed by atoms with Crippen LogP contribution in [-0.2, 0) is 10.0 Å². The zero-order valence-corrected chi connectivity index (χ0v) is 13.1. The molecule has 0 heterocycles. The number of benzene rings is 2. The number of aryl methyl sites for hydroxylation is 1. The van der Waals surface area contributed by atoms with Crippen LogP contribution in [0.3, 0.4) is 0 Å². The van der Waals surface area contributed by atoms with Crippen LogP contribution in [0.25, 0.3) is 0 Å². The van der Waals surface area contributed by atoms with Gasteiger partial charge in [0.2, 0.25) is 0 Å². The molecule has 0 atom stereocenters. The SMILES string of the molecule is COc1ccc(C)c(S(=O)(=O)Nc2ccc(C(=O)O)c(F)c2)c1. The van der Waals surface area contributed by atoms with Gasteiger partial charge in [0.05, 0.1) is 23.3 Å². The summed E-state index contributed by atoms with van der Waals surface area (Å²) in [5, 5.41) is 8.77. The van der Waals surface area contributed by atoms with Crippen LogP contribution >= 0.6 is 0 Å². The molecular weight excluding hydrogens is 325 g/mol. The molecule has 0 bridgehead atoms. The maximum Gasteiger partial charge on any atom is 0.338 e. The molecule has 6 nitrogen and oxygen atoms in total. The summed E-state index contributed by atoms with van der Waals surface area (Å²) in [6.07, 6.45) is 0. The fourth-order valence-electron chi connectivity index (χ4n) is 1.96. The van der Waals surface area contributed by atoms with Gasteiger partial charge in [-0.1, -0.05) is 6.07 Å². The summed E-state index contributed by atoms with van der Waals surface area (Å²) >= 11 is 0. The van der Waals surface area contributed by atoms with Crippen LogP contribution in [0.5, 0.6) is 5.75 Å². The minimum absolute atomic E-state index is 0.0143. The maximum absolute atomic E-state index is 13.6. The third-order valence-corrected chi connectivity index (χ3v) is 4.66. The Bertz CT molecular complexity index is 864. The number of carbonyl (C=O) groups is 1. The zero-order valence-electron chi connectivity index (χ0n) is 12.3.